The van der Waals surface area contributed by atoms with Gasteiger partial charge in [0.1, 0.15) is 5.82 Å². The second kappa shape index (κ2) is 7.35. The normalized spacial score (nSPS) is 12.5. The second-order valence-electron chi connectivity index (χ2n) is 4.54. The number of nitrogens with one attached hydrogen (secondary N) is 1. The molecular weight excluding hydrogens is 265 g/mol. The largest absolute Gasteiger partial charge is 0.396 e. The summed E-state index contributed by atoms with van der Waals surface area (Å²) in [5, 5.41) is 2.57. The first-order valence-electron chi connectivity index (χ1n) is 6.02. The number of amides is 1. The number of benzene rings is 1. The van der Waals surface area contributed by atoms with Crippen LogP contribution in [0.1, 0.15) is 6.92 Å². The van der Waals surface area contributed by atoms with Gasteiger partial charge in [-0.15, -0.1) is 11.8 Å². The van der Waals surface area contributed by atoms with Crippen molar-refractivity contribution in [2.45, 2.75) is 12.2 Å². The molecule has 4 nitrogen and oxygen atoms in total. The molecule has 0 aromatic heterocycles. The third kappa shape index (κ3) is 5.48. The lowest BCUT2D eigenvalue weighted by atomic mass is 10.2. The second-order valence-corrected chi connectivity index (χ2v) is 5.99. The number of halogens is 1. The molecule has 106 valence electrons. The van der Waals surface area contributed by atoms with Crippen molar-refractivity contribution in [1.82, 2.24) is 4.90 Å². The van der Waals surface area contributed by atoms with Gasteiger partial charge in [0.05, 0.1) is 10.9 Å². The molecule has 0 radical (unpaired) electrons. The predicted molar refractivity (Wildman–Crippen MR) is 79.9 cm³/mol. The molecule has 0 spiro atoms. The highest BCUT2D eigenvalue weighted by Crippen LogP contribution is 2.18. The summed E-state index contributed by atoms with van der Waals surface area (Å²) in [6.07, 6.45) is 0. The van der Waals surface area contributed by atoms with Gasteiger partial charge in [-0.2, -0.15) is 0 Å². The number of nitrogens with zero attached hydrogens (tertiary/aromatic N) is 1. The maximum absolute atomic E-state index is 13.0. The van der Waals surface area contributed by atoms with Crippen molar-refractivity contribution in [2.24, 2.45) is 0 Å². The van der Waals surface area contributed by atoms with Crippen LogP contribution in [-0.4, -0.2) is 42.4 Å². The number of carbonyl (C=O) groups is 1. The first kappa shape index (κ1) is 15.8. The van der Waals surface area contributed by atoms with Crippen molar-refractivity contribution in [1.29, 1.82) is 0 Å². The smallest absolute Gasteiger partial charge is 0.237 e. The molecule has 0 fully saturated rings. The average Bonchev–Trinajstić information content (AvgIpc) is 2.33. The Kier molecular flexibility index (Phi) is 6.11. The van der Waals surface area contributed by atoms with Crippen LogP contribution in [0, 0.1) is 5.82 Å². The minimum absolute atomic E-state index is 0.0331. The highest BCUT2D eigenvalue weighted by Gasteiger charge is 2.13. The Morgan fingerprint density at radius 1 is 1.53 bits per heavy atom. The van der Waals surface area contributed by atoms with Crippen LogP contribution >= 0.6 is 11.8 Å². The van der Waals surface area contributed by atoms with Gasteiger partial charge in [0.15, 0.2) is 0 Å². The fraction of sp³-hybridized carbons (Fsp3) is 0.462. The zero-order valence-electron chi connectivity index (χ0n) is 11.4. The summed E-state index contributed by atoms with van der Waals surface area (Å²) in [5.41, 5.74) is 6.00. The zero-order chi connectivity index (χ0) is 14.4. The van der Waals surface area contributed by atoms with Crippen LogP contribution in [0.25, 0.3) is 0 Å². The number of hydrogen-bond donors (Lipinski definition) is 2. The molecule has 0 aliphatic heterocycles. The predicted octanol–water partition coefficient (Wildman–Crippen LogP) is 2.03. The highest BCUT2D eigenvalue weighted by molar-refractivity contribution is 8.00. The molecule has 0 heterocycles. The van der Waals surface area contributed by atoms with E-state index in [1.54, 1.807) is 11.8 Å². The van der Waals surface area contributed by atoms with Crippen molar-refractivity contribution >= 4 is 29.0 Å². The lowest BCUT2D eigenvalue weighted by Crippen LogP contribution is -2.24. The van der Waals surface area contributed by atoms with Gasteiger partial charge in [-0.25, -0.2) is 4.39 Å². The molecule has 1 rings (SSSR count). The molecule has 0 aliphatic carbocycles. The summed E-state index contributed by atoms with van der Waals surface area (Å²) in [6.45, 7) is 2.77. The maximum atomic E-state index is 13.0. The summed E-state index contributed by atoms with van der Waals surface area (Å²) in [7, 11) is 3.99. The van der Waals surface area contributed by atoms with E-state index in [1.165, 1.54) is 18.2 Å². The third-order valence-corrected chi connectivity index (χ3v) is 3.67. The highest BCUT2D eigenvalue weighted by atomic mass is 32.2. The number of rotatable bonds is 6. The van der Waals surface area contributed by atoms with Crippen LogP contribution in [0.15, 0.2) is 18.2 Å². The Bertz CT molecular complexity index is 440. The number of anilines is 2. The van der Waals surface area contributed by atoms with Crippen LogP contribution in [0.3, 0.4) is 0 Å². The summed E-state index contributed by atoms with van der Waals surface area (Å²) >= 11 is 1.58. The number of hydrogen-bond acceptors (Lipinski definition) is 4. The summed E-state index contributed by atoms with van der Waals surface area (Å²) in [5.74, 6) is 0.300. The van der Waals surface area contributed by atoms with E-state index < -0.39 is 5.82 Å². The molecule has 1 aromatic rings. The van der Waals surface area contributed by atoms with Gasteiger partial charge in [0.2, 0.25) is 5.91 Å². The van der Waals surface area contributed by atoms with E-state index in [2.05, 4.69) is 10.2 Å². The quantitative estimate of drug-likeness (QED) is 0.785. The van der Waals surface area contributed by atoms with Crippen molar-refractivity contribution in [3.8, 4) is 0 Å². The number of nitrogen functional groups attached to an aromatic ring is 1. The molecule has 0 saturated carbocycles. The minimum Gasteiger partial charge on any atom is -0.396 e. The van der Waals surface area contributed by atoms with Crippen LogP contribution in [0.2, 0.25) is 0 Å². The molecule has 0 aliphatic rings. The van der Waals surface area contributed by atoms with Crippen LogP contribution in [0.5, 0.6) is 0 Å². The summed E-state index contributed by atoms with van der Waals surface area (Å²) in [6, 6.07) is 4.17. The van der Waals surface area contributed by atoms with Crippen molar-refractivity contribution in [2.75, 3.05) is 37.4 Å². The number of nitrogens with two attached hydrogens (primary N) is 1. The Morgan fingerprint density at radius 3 is 2.79 bits per heavy atom. The first-order chi connectivity index (χ1) is 8.90. The van der Waals surface area contributed by atoms with Crippen molar-refractivity contribution < 1.29 is 9.18 Å². The Labute approximate surface area is 117 Å². The first-order valence-corrected chi connectivity index (χ1v) is 7.07. The summed E-state index contributed by atoms with van der Waals surface area (Å²) in [4.78, 5) is 14.0. The van der Waals surface area contributed by atoms with Gasteiger partial charge in [0.25, 0.3) is 0 Å². The van der Waals surface area contributed by atoms with E-state index in [0.717, 1.165) is 12.3 Å². The molecule has 1 atom stereocenters. The van der Waals surface area contributed by atoms with Gasteiger partial charge in [0, 0.05) is 18.0 Å². The monoisotopic (exact) mass is 285 g/mol. The lowest BCUT2D eigenvalue weighted by Gasteiger charge is -2.14. The van der Waals surface area contributed by atoms with Gasteiger partial charge < -0.3 is 16.0 Å². The summed E-state index contributed by atoms with van der Waals surface area (Å²) < 4.78 is 13.0. The fourth-order valence-corrected chi connectivity index (χ4v) is 2.39. The van der Waals surface area contributed by atoms with Crippen LogP contribution < -0.4 is 11.1 Å². The third-order valence-electron chi connectivity index (χ3n) is 2.54. The van der Waals surface area contributed by atoms with Crippen LogP contribution in [0.4, 0.5) is 15.8 Å². The molecule has 19 heavy (non-hydrogen) atoms. The molecule has 1 unspecified atom stereocenters. The molecule has 1 amide bonds. The van der Waals surface area contributed by atoms with E-state index in [4.69, 9.17) is 5.73 Å². The molecule has 0 bridgehead atoms. The topological polar surface area (TPSA) is 58.4 Å². The van der Waals surface area contributed by atoms with E-state index in [-0.39, 0.29) is 16.8 Å². The fourth-order valence-electron chi connectivity index (χ4n) is 1.35. The van der Waals surface area contributed by atoms with Crippen LogP contribution in [-0.2, 0) is 4.79 Å². The molecule has 1 aromatic carbocycles. The maximum Gasteiger partial charge on any atom is 0.237 e. The Morgan fingerprint density at radius 2 is 2.21 bits per heavy atom. The van der Waals surface area contributed by atoms with Gasteiger partial charge >= 0.3 is 0 Å². The van der Waals surface area contributed by atoms with E-state index in [0.29, 0.717) is 5.69 Å². The standard InChI is InChI=1S/C13H20FN3OS/c1-9(19-7-6-17(2)3)13(18)16-10-4-5-11(14)12(15)8-10/h4-5,8-9H,6-7,15H2,1-3H3,(H,16,18). The van der Waals surface area contributed by atoms with E-state index in [9.17, 15) is 9.18 Å². The zero-order valence-corrected chi connectivity index (χ0v) is 12.3. The Hall–Kier alpha value is -1.27. The molecule has 6 heteroatoms. The Balaban J connectivity index is 2.47. The van der Waals surface area contributed by atoms with Crippen molar-refractivity contribution in [3.05, 3.63) is 24.0 Å². The number of thioether (sulfide) groups is 1. The molecule has 0 saturated heterocycles. The molecular formula is C13H20FN3OS. The molecule has 3 N–H and O–H groups in total. The lowest BCUT2D eigenvalue weighted by molar-refractivity contribution is -0.115. The van der Waals surface area contributed by atoms with Gasteiger partial charge in [-0.05, 0) is 39.2 Å². The minimum atomic E-state index is -0.480. The van der Waals surface area contributed by atoms with Gasteiger partial charge in [-0.1, -0.05) is 0 Å². The van der Waals surface area contributed by atoms with Gasteiger partial charge in [-0.3, -0.25) is 4.79 Å². The van der Waals surface area contributed by atoms with Crippen molar-refractivity contribution in [3.63, 3.8) is 0 Å². The SMILES string of the molecule is CC(SCCN(C)C)C(=O)Nc1ccc(F)c(N)c1. The van der Waals surface area contributed by atoms with E-state index >= 15 is 0 Å². The number of carbonyl (C=O) groups excluding carboxylic acids is 1. The van der Waals surface area contributed by atoms with E-state index in [1.807, 2.05) is 21.0 Å². The average molecular weight is 285 g/mol.